The summed E-state index contributed by atoms with van der Waals surface area (Å²) in [5, 5.41) is 3.16. The third kappa shape index (κ3) is 5.08. The molecule has 1 unspecified atom stereocenters. The average molecular weight is 281 g/mol. The second-order valence-corrected chi connectivity index (χ2v) is 6.69. The summed E-state index contributed by atoms with van der Waals surface area (Å²) in [6, 6.07) is 0. The molecule has 1 atom stereocenters. The van der Waals surface area contributed by atoms with Crippen molar-refractivity contribution in [2.45, 2.75) is 64.7 Å². The van der Waals surface area contributed by atoms with E-state index < -0.39 is 0 Å². The van der Waals surface area contributed by atoms with Crippen molar-refractivity contribution in [2.75, 3.05) is 19.8 Å². The van der Waals surface area contributed by atoms with Crippen molar-refractivity contribution in [3.05, 3.63) is 0 Å². The van der Waals surface area contributed by atoms with Gasteiger partial charge in [0.1, 0.15) is 0 Å². The van der Waals surface area contributed by atoms with Crippen LogP contribution in [0.1, 0.15) is 64.7 Å². The molecule has 0 aromatic heterocycles. The molecule has 3 nitrogen and oxygen atoms in total. The first-order valence-electron chi connectivity index (χ1n) is 8.65. The Kier molecular flexibility index (Phi) is 6.85. The number of hydrogen-bond acceptors (Lipinski definition) is 2. The molecule has 0 aromatic carbocycles. The predicted molar refractivity (Wildman–Crippen MR) is 81.5 cm³/mol. The second-order valence-electron chi connectivity index (χ2n) is 6.69. The van der Waals surface area contributed by atoms with Gasteiger partial charge in [-0.05, 0) is 50.4 Å². The van der Waals surface area contributed by atoms with Gasteiger partial charge in [-0.2, -0.15) is 0 Å². The second kappa shape index (κ2) is 8.66. The minimum Gasteiger partial charge on any atom is -0.381 e. The lowest BCUT2D eigenvalue weighted by Crippen LogP contribution is -2.38. The minimum atomic E-state index is 0.275. The van der Waals surface area contributed by atoms with Crippen LogP contribution in [0, 0.1) is 17.8 Å². The monoisotopic (exact) mass is 281 g/mol. The fourth-order valence-corrected chi connectivity index (χ4v) is 3.56. The van der Waals surface area contributed by atoms with Crippen molar-refractivity contribution >= 4 is 5.91 Å². The third-order valence-electron chi connectivity index (χ3n) is 5.00. The highest BCUT2D eigenvalue weighted by atomic mass is 16.5. The molecule has 20 heavy (non-hydrogen) atoms. The highest BCUT2D eigenvalue weighted by molar-refractivity contribution is 5.78. The number of hydrogen-bond donors (Lipinski definition) is 1. The lowest BCUT2D eigenvalue weighted by Gasteiger charge is -2.29. The SMILES string of the molecule is CCCCC1CCC(C(=O)NCC2CCCOC2)CC1. The Morgan fingerprint density at radius 1 is 1.15 bits per heavy atom. The molecule has 1 aliphatic heterocycles. The van der Waals surface area contributed by atoms with Crippen molar-refractivity contribution in [3.63, 3.8) is 0 Å². The van der Waals surface area contributed by atoms with E-state index in [0.717, 1.165) is 44.9 Å². The maximum absolute atomic E-state index is 12.2. The van der Waals surface area contributed by atoms with Gasteiger partial charge in [0.25, 0.3) is 0 Å². The van der Waals surface area contributed by atoms with Crippen molar-refractivity contribution in [1.29, 1.82) is 0 Å². The van der Waals surface area contributed by atoms with Gasteiger partial charge in [0.05, 0.1) is 6.61 Å². The van der Waals surface area contributed by atoms with E-state index >= 15 is 0 Å². The summed E-state index contributed by atoms with van der Waals surface area (Å²) < 4.78 is 5.46. The number of unbranched alkanes of at least 4 members (excludes halogenated alkanes) is 1. The van der Waals surface area contributed by atoms with Crippen LogP contribution >= 0.6 is 0 Å². The minimum absolute atomic E-state index is 0.275. The Morgan fingerprint density at radius 2 is 1.95 bits per heavy atom. The molecule has 2 aliphatic rings. The fourth-order valence-electron chi connectivity index (χ4n) is 3.56. The van der Waals surface area contributed by atoms with Gasteiger partial charge in [-0.25, -0.2) is 0 Å². The molecular weight excluding hydrogens is 250 g/mol. The Morgan fingerprint density at radius 3 is 2.60 bits per heavy atom. The van der Waals surface area contributed by atoms with Gasteiger partial charge in [0.15, 0.2) is 0 Å². The molecular formula is C17H31NO2. The lowest BCUT2D eigenvalue weighted by atomic mass is 9.79. The predicted octanol–water partition coefficient (Wildman–Crippen LogP) is 3.53. The molecule has 1 heterocycles. The molecule has 2 fully saturated rings. The van der Waals surface area contributed by atoms with Crippen LogP contribution in [0.15, 0.2) is 0 Å². The van der Waals surface area contributed by atoms with Crippen molar-refractivity contribution in [1.82, 2.24) is 5.32 Å². The number of rotatable bonds is 6. The average Bonchev–Trinajstić information content (AvgIpc) is 2.52. The van der Waals surface area contributed by atoms with Crippen LogP contribution in [0.25, 0.3) is 0 Å². The number of nitrogens with one attached hydrogen (secondary N) is 1. The van der Waals surface area contributed by atoms with Gasteiger partial charge >= 0.3 is 0 Å². The van der Waals surface area contributed by atoms with Crippen LogP contribution < -0.4 is 5.32 Å². The molecule has 1 N–H and O–H groups in total. The van der Waals surface area contributed by atoms with Gasteiger partial charge in [-0.15, -0.1) is 0 Å². The quantitative estimate of drug-likeness (QED) is 0.809. The largest absolute Gasteiger partial charge is 0.381 e. The Labute approximate surface area is 123 Å². The molecule has 0 spiro atoms. The number of amides is 1. The molecule has 0 bridgehead atoms. The first kappa shape index (κ1) is 15.8. The van der Waals surface area contributed by atoms with Crippen LogP contribution in [0.2, 0.25) is 0 Å². The molecule has 116 valence electrons. The molecule has 0 radical (unpaired) electrons. The van der Waals surface area contributed by atoms with Gasteiger partial charge < -0.3 is 10.1 Å². The van der Waals surface area contributed by atoms with Crippen LogP contribution in [-0.4, -0.2) is 25.7 Å². The smallest absolute Gasteiger partial charge is 0.223 e. The topological polar surface area (TPSA) is 38.3 Å². The molecule has 1 saturated carbocycles. The number of ether oxygens (including phenoxy) is 1. The molecule has 0 aromatic rings. The zero-order valence-electron chi connectivity index (χ0n) is 13.0. The third-order valence-corrected chi connectivity index (χ3v) is 5.00. The van der Waals surface area contributed by atoms with E-state index in [4.69, 9.17) is 4.74 Å². The van der Waals surface area contributed by atoms with Crippen molar-refractivity contribution in [3.8, 4) is 0 Å². The van der Waals surface area contributed by atoms with Crippen molar-refractivity contribution in [2.24, 2.45) is 17.8 Å². The first-order chi connectivity index (χ1) is 9.79. The summed E-state index contributed by atoms with van der Waals surface area (Å²) in [6.45, 7) is 4.79. The summed E-state index contributed by atoms with van der Waals surface area (Å²) in [7, 11) is 0. The number of carbonyl (C=O) groups is 1. The van der Waals surface area contributed by atoms with E-state index in [1.54, 1.807) is 0 Å². The summed E-state index contributed by atoms with van der Waals surface area (Å²) in [4.78, 5) is 12.2. The van der Waals surface area contributed by atoms with E-state index in [1.807, 2.05) is 0 Å². The van der Waals surface area contributed by atoms with E-state index in [0.29, 0.717) is 11.8 Å². The van der Waals surface area contributed by atoms with E-state index in [2.05, 4.69) is 12.2 Å². The molecule has 1 saturated heterocycles. The lowest BCUT2D eigenvalue weighted by molar-refractivity contribution is -0.126. The summed E-state index contributed by atoms with van der Waals surface area (Å²) >= 11 is 0. The first-order valence-corrected chi connectivity index (χ1v) is 8.65. The van der Waals surface area contributed by atoms with E-state index in [-0.39, 0.29) is 5.92 Å². The molecule has 3 heteroatoms. The molecule has 1 amide bonds. The Bertz CT molecular complexity index is 279. The van der Waals surface area contributed by atoms with Crippen LogP contribution in [0.3, 0.4) is 0 Å². The summed E-state index contributed by atoms with van der Waals surface area (Å²) in [6.07, 6.45) is 11.1. The van der Waals surface area contributed by atoms with E-state index in [9.17, 15) is 4.79 Å². The van der Waals surface area contributed by atoms with Gasteiger partial charge in [-0.3, -0.25) is 4.79 Å². The Balaban J connectivity index is 1.61. The van der Waals surface area contributed by atoms with Crippen LogP contribution in [-0.2, 0) is 9.53 Å². The zero-order chi connectivity index (χ0) is 14.2. The number of carbonyl (C=O) groups excluding carboxylic acids is 1. The highest BCUT2D eigenvalue weighted by Gasteiger charge is 2.26. The standard InChI is InChI=1S/C17H31NO2/c1-2-3-5-14-7-9-16(10-8-14)17(19)18-12-15-6-4-11-20-13-15/h14-16H,2-13H2,1H3,(H,18,19). The fraction of sp³-hybridized carbons (Fsp3) is 0.941. The summed E-state index contributed by atoms with van der Waals surface area (Å²) in [5.74, 6) is 1.99. The molecule has 1 aliphatic carbocycles. The highest BCUT2D eigenvalue weighted by Crippen LogP contribution is 2.32. The van der Waals surface area contributed by atoms with Crippen molar-refractivity contribution < 1.29 is 9.53 Å². The molecule has 2 rings (SSSR count). The van der Waals surface area contributed by atoms with Crippen LogP contribution in [0.5, 0.6) is 0 Å². The zero-order valence-corrected chi connectivity index (χ0v) is 13.0. The summed E-state index contributed by atoms with van der Waals surface area (Å²) in [5.41, 5.74) is 0. The van der Waals surface area contributed by atoms with Gasteiger partial charge in [0, 0.05) is 19.1 Å². The Hall–Kier alpha value is -0.570. The maximum Gasteiger partial charge on any atom is 0.223 e. The normalized spacial score (nSPS) is 30.9. The van der Waals surface area contributed by atoms with Gasteiger partial charge in [-0.1, -0.05) is 26.2 Å². The van der Waals surface area contributed by atoms with Crippen LogP contribution in [0.4, 0.5) is 0 Å². The van der Waals surface area contributed by atoms with Gasteiger partial charge in [0.2, 0.25) is 5.91 Å². The maximum atomic E-state index is 12.2. The van der Waals surface area contributed by atoms with E-state index in [1.165, 1.54) is 38.5 Å².